The summed E-state index contributed by atoms with van der Waals surface area (Å²) in [5.41, 5.74) is 0.882. The van der Waals surface area contributed by atoms with E-state index in [-0.39, 0.29) is 18.5 Å². The zero-order valence-corrected chi connectivity index (χ0v) is 11.8. The van der Waals surface area contributed by atoms with Gasteiger partial charge in [0, 0.05) is 18.4 Å². The van der Waals surface area contributed by atoms with Crippen LogP contribution in [0, 0.1) is 17.1 Å². The van der Waals surface area contributed by atoms with Gasteiger partial charge >= 0.3 is 0 Å². The Morgan fingerprint density at radius 3 is 2.67 bits per heavy atom. The molecule has 4 nitrogen and oxygen atoms in total. The van der Waals surface area contributed by atoms with Crippen molar-refractivity contribution in [3.05, 3.63) is 35.1 Å². The first-order valence-electron chi connectivity index (χ1n) is 7.29. The van der Waals surface area contributed by atoms with Crippen molar-refractivity contribution < 1.29 is 18.6 Å². The molecular weight excluding hydrogens is 273 g/mol. The molecule has 1 aliphatic carbocycles. The second-order valence-corrected chi connectivity index (χ2v) is 5.54. The molecule has 112 valence electrons. The van der Waals surface area contributed by atoms with Gasteiger partial charge in [0.25, 0.3) is 0 Å². The number of nitriles is 1. The van der Waals surface area contributed by atoms with Gasteiger partial charge in [0.15, 0.2) is 5.79 Å². The van der Waals surface area contributed by atoms with Gasteiger partial charge in [-0.25, -0.2) is 4.39 Å². The van der Waals surface area contributed by atoms with E-state index in [0.717, 1.165) is 25.7 Å². The zero-order chi connectivity index (χ0) is 14.7. The molecule has 1 aromatic carbocycles. The van der Waals surface area contributed by atoms with Crippen LogP contribution in [-0.4, -0.2) is 25.1 Å². The molecule has 0 bridgehead atoms. The summed E-state index contributed by atoms with van der Waals surface area (Å²) in [6.07, 6.45) is 3.42. The van der Waals surface area contributed by atoms with Crippen LogP contribution in [0.25, 0.3) is 0 Å². The molecule has 0 unspecified atom stereocenters. The number of hydrogen-bond donors (Lipinski definition) is 0. The highest BCUT2D eigenvalue weighted by Crippen LogP contribution is 2.36. The molecule has 1 saturated heterocycles. The van der Waals surface area contributed by atoms with Crippen LogP contribution in [0.3, 0.4) is 0 Å². The lowest BCUT2D eigenvalue weighted by Crippen LogP contribution is -2.37. The molecular formula is C16H18FNO3. The van der Waals surface area contributed by atoms with Crippen LogP contribution in [0.5, 0.6) is 0 Å². The molecule has 3 rings (SSSR count). The average molecular weight is 291 g/mol. The van der Waals surface area contributed by atoms with E-state index in [1.807, 2.05) is 6.07 Å². The molecule has 1 saturated carbocycles. The van der Waals surface area contributed by atoms with Gasteiger partial charge in [0.05, 0.1) is 37.6 Å². The molecule has 0 aromatic heterocycles. The molecule has 1 aromatic rings. The summed E-state index contributed by atoms with van der Waals surface area (Å²) in [5.74, 6) is -0.727. The Bertz CT molecular complexity index is 539. The Labute approximate surface area is 123 Å². The highest BCUT2D eigenvalue weighted by molar-refractivity contribution is 5.33. The third-order valence-corrected chi connectivity index (χ3v) is 4.16. The van der Waals surface area contributed by atoms with Crippen LogP contribution in [0.15, 0.2) is 18.2 Å². The summed E-state index contributed by atoms with van der Waals surface area (Å²) in [6.45, 7) is 1.52. The fourth-order valence-corrected chi connectivity index (χ4v) is 2.95. The lowest BCUT2D eigenvalue weighted by molar-refractivity contribution is -0.192. The molecule has 21 heavy (non-hydrogen) atoms. The van der Waals surface area contributed by atoms with Gasteiger partial charge in [-0.2, -0.15) is 5.26 Å². The van der Waals surface area contributed by atoms with Crippen molar-refractivity contribution in [2.75, 3.05) is 13.2 Å². The van der Waals surface area contributed by atoms with E-state index in [9.17, 15) is 4.39 Å². The fourth-order valence-electron chi connectivity index (χ4n) is 2.95. The van der Waals surface area contributed by atoms with Crippen LogP contribution >= 0.6 is 0 Å². The lowest BCUT2D eigenvalue weighted by Gasteiger charge is -2.35. The maximum Gasteiger partial charge on any atom is 0.168 e. The van der Waals surface area contributed by atoms with E-state index in [4.69, 9.17) is 19.5 Å². The molecule has 1 heterocycles. The van der Waals surface area contributed by atoms with Gasteiger partial charge in [0.2, 0.25) is 0 Å². The zero-order valence-electron chi connectivity index (χ0n) is 11.8. The van der Waals surface area contributed by atoms with Gasteiger partial charge in [0.1, 0.15) is 5.82 Å². The van der Waals surface area contributed by atoms with Crippen molar-refractivity contribution in [3.8, 4) is 6.07 Å². The maximum atomic E-state index is 13.7. The van der Waals surface area contributed by atoms with E-state index >= 15 is 0 Å². The van der Waals surface area contributed by atoms with Crippen molar-refractivity contribution >= 4 is 0 Å². The smallest absolute Gasteiger partial charge is 0.168 e. The van der Waals surface area contributed by atoms with E-state index < -0.39 is 5.79 Å². The van der Waals surface area contributed by atoms with E-state index in [1.54, 1.807) is 6.07 Å². The van der Waals surface area contributed by atoms with Crippen molar-refractivity contribution in [3.63, 3.8) is 0 Å². The summed E-state index contributed by atoms with van der Waals surface area (Å²) >= 11 is 0. The van der Waals surface area contributed by atoms with Gasteiger partial charge in [-0.3, -0.25) is 0 Å². The van der Waals surface area contributed by atoms with Crippen molar-refractivity contribution in [2.45, 2.75) is 44.2 Å². The predicted octanol–water partition coefficient (Wildman–Crippen LogP) is 2.90. The largest absolute Gasteiger partial charge is 0.373 e. The summed E-state index contributed by atoms with van der Waals surface area (Å²) < 4.78 is 30.8. The van der Waals surface area contributed by atoms with Crippen molar-refractivity contribution in [1.82, 2.24) is 0 Å². The van der Waals surface area contributed by atoms with Gasteiger partial charge in [-0.1, -0.05) is 0 Å². The summed E-state index contributed by atoms with van der Waals surface area (Å²) in [6, 6.07) is 6.34. The Kier molecular flexibility index (Phi) is 4.20. The molecule has 0 N–H and O–H groups in total. The first kappa shape index (κ1) is 14.5. The topological polar surface area (TPSA) is 51.5 Å². The van der Waals surface area contributed by atoms with Crippen molar-refractivity contribution in [2.24, 2.45) is 0 Å². The van der Waals surface area contributed by atoms with E-state index in [2.05, 4.69) is 0 Å². The minimum atomic E-state index is -0.397. The number of halogens is 1. The fraction of sp³-hybridized carbons (Fsp3) is 0.562. The summed E-state index contributed by atoms with van der Waals surface area (Å²) in [5, 5.41) is 8.85. The standard InChI is InChI=1S/C16H18FNO3/c17-15-2-1-12(10-18)9-13(15)11-19-14-3-5-16(6-4-14)20-7-8-21-16/h1-2,9,14H,3-8,11H2. The minimum absolute atomic E-state index is 0.0913. The Morgan fingerprint density at radius 1 is 1.29 bits per heavy atom. The van der Waals surface area contributed by atoms with Gasteiger partial charge in [-0.05, 0) is 31.0 Å². The van der Waals surface area contributed by atoms with Crippen LogP contribution in [0.1, 0.15) is 36.8 Å². The first-order valence-corrected chi connectivity index (χ1v) is 7.29. The van der Waals surface area contributed by atoms with Crippen molar-refractivity contribution in [1.29, 1.82) is 5.26 Å². The van der Waals surface area contributed by atoms with Crippen LogP contribution < -0.4 is 0 Å². The highest BCUT2D eigenvalue weighted by atomic mass is 19.1. The van der Waals surface area contributed by atoms with Crippen LogP contribution in [-0.2, 0) is 20.8 Å². The first-order chi connectivity index (χ1) is 10.2. The molecule has 1 aliphatic heterocycles. The average Bonchev–Trinajstić information content (AvgIpc) is 2.96. The number of hydrogen-bond acceptors (Lipinski definition) is 4. The molecule has 2 fully saturated rings. The second kappa shape index (κ2) is 6.10. The molecule has 0 atom stereocenters. The van der Waals surface area contributed by atoms with Gasteiger partial charge < -0.3 is 14.2 Å². The number of rotatable bonds is 3. The SMILES string of the molecule is N#Cc1ccc(F)c(COC2CCC3(CC2)OCCO3)c1. The third-order valence-electron chi connectivity index (χ3n) is 4.16. The molecule has 0 amide bonds. The predicted molar refractivity (Wildman–Crippen MR) is 72.8 cm³/mol. The molecule has 2 aliphatic rings. The van der Waals surface area contributed by atoms with E-state index in [0.29, 0.717) is 24.3 Å². The second-order valence-electron chi connectivity index (χ2n) is 5.54. The monoisotopic (exact) mass is 291 g/mol. The van der Waals surface area contributed by atoms with Gasteiger partial charge in [-0.15, -0.1) is 0 Å². The molecule has 0 radical (unpaired) electrons. The normalized spacial score (nSPS) is 21.5. The minimum Gasteiger partial charge on any atom is -0.373 e. The Balaban J connectivity index is 1.53. The number of nitrogens with zero attached hydrogens (tertiary/aromatic N) is 1. The Morgan fingerprint density at radius 2 is 2.00 bits per heavy atom. The van der Waals surface area contributed by atoms with E-state index in [1.165, 1.54) is 12.1 Å². The van der Waals surface area contributed by atoms with Crippen LogP contribution in [0.4, 0.5) is 4.39 Å². The molecule has 5 heteroatoms. The summed E-state index contributed by atoms with van der Waals surface area (Å²) in [4.78, 5) is 0. The van der Waals surface area contributed by atoms with Crippen LogP contribution in [0.2, 0.25) is 0 Å². The number of ether oxygens (including phenoxy) is 3. The maximum absolute atomic E-state index is 13.7. The Hall–Kier alpha value is -1.48. The highest BCUT2D eigenvalue weighted by Gasteiger charge is 2.40. The quantitative estimate of drug-likeness (QED) is 0.859. The molecule has 1 spiro atoms. The number of benzene rings is 1. The third kappa shape index (κ3) is 3.24. The lowest BCUT2D eigenvalue weighted by atomic mass is 9.92. The summed E-state index contributed by atoms with van der Waals surface area (Å²) in [7, 11) is 0.